The van der Waals surface area contributed by atoms with Crippen molar-refractivity contribution in [1.82, 2.24) is 5.32 Å². The number of hydrogen-bond acceptors (Lipinski definition) is 3. The number of benzene rings is 1. The first-order valence-corrected chi connectivity index (χ1v) is 5.33. The molecule has 18 heavy (non-hydrogen) atoms. The van der Waals surface area contributed by atoms with Gasteiger partial charge in [0, 0.05) is 13.1 Å². The van der Waals surface area contributed by atoms with Crippen molar-refractivity contribution in [3.63, 3.8) is 0 Å². The van der Waals surface area contributed by atoms with Crippen molar-refractivity contribution < 1.29 is 22.7 Å². The molecule has 1 N–H and O–H groups in total. The number of piperazine rings is 1. The van der Waals surface area contributed by atoms with Crippen molar-refractivity contribution >= 4 is 11.6 Å². The number of nitrogens with one attached hydrogen (secondary N) is 1. The third-order valence-electron chi connectivity index (χ3n) is 2.47. The molecule has 1 amide bonds. The van der Waals surface area contributed by atoms with Gasteiger partial charge in [-0.05, 0) is 12.1 Å². The fourth-order valence-corrected chi connectivity index (χ4v) is 1.75. The number of carbonyl (C=O) groups excluding carboxylic acids is 1. The molecule has 4 nitrogen and oxygen atoms in total. The summed E-state index contributed by atoms with van der Waals surface area (Å²) in [6.45, 7) is 0.962. The molecule has 1 aliphatic rings. The molecule has 1 saturated heterocycles. The van der Waals surface area contributed by atoms with E-state index in [1.165, 1.54) is 23.1 Å². The maximum Gasteiger partial charge on any atom is 0.573 e. The summed E-state index contributed by atoms with van der Waals surface area (Å²) in [7, 11) is 0. The van der Waals surface area contributed by atoms with Crippen molar-refractivity contribution in [3.05, 3.63) is 24.3 Å². The van der Waals surface area contributed by atoms with E-state index >= 15 is 0 Å². The van der Waals surface area contributed by atoms with Crippen LogP contribution in [0.4, 0.5) is 18.9 Å². The molecule has 0 atom stereocenters. The first kappa shape index (κ1) is 12.7. The van der Waals surface area contributed by atoms with Crippen LogP contribution in [0.1, 0.15) is 0 Å². The summed E-state index contributed by atoms with van der Waals surface area (Å²) < 4.78 is 40.7. The van der Waals surface area contributed by atoms with Crippen molar-refractivity contribution in [2.75, 3.05) is 24.5 Å². The SMILES string of the molecule is O=C1CNCCN1c1ccccc1OC(F)(F)F. The van der Waals surface area contributed by atoms with E-state index in [2.05, 4.69) is 10.1 Å². The van der Waals surface area contributed by atoms with E-state index in [-0.39, 0.29) is 23.9 Å². The highest BCUT2D eigenvalue weighted by molar-refractivity contribution is 5.96. The lowest BCUT2D eigenvalue weighted by atomic mass is 10.2. The highest BCUT2D eigenvalue weighted by atomic mass is 19.4. The van der Waals surface area contributed by atoms with Crippen LogP contribution in [0.3, 0.4) is 0 Å². The summed E-state index contributed by atoms with van der Waals surface area (Å²) in [6, 6.07) is 5.62. The average molecular weight is 260 g/mol. The number of anilines is 1. The van der Waals surface area contributed by atoms with Crippen molar-refractivity contribution in [3.8, 4) is 5.75 Å². The molecule has 0 spiro atoms. The van der Waals surface area contributed by atoms with Gasteiger partial charge in [-0.3, -0.25) is 4.79 Å². The van der Waals surface area contributed by atoms with Gasteiger partial charge in [-0.25, -0.2) is 0 Å². The topological polar surface area (TPSA) is 41.6 Å². The Labute approximate surface area is 101 Å². The van der Waals surface area contributed by atoms with E-state index in [1.54, 1.807) is 6.07 Å². The lowest BCUT2D eigenvalue weighted by Gasteiger charge is -2.28. The monoisotopic (exact) mass is 260 g/mol. The van der Waals surface area contributed by atoms with E-state index in [4.69, 9.17) is 0 Å². The molecule has 1 aromatic rings. The Hall–Kier alpha value is -1.76. The molecular formula is C11H11F3N2O2. The lowest BCUT2D eigenvalue weighted by Crippen LogP contribution is -2.48. The number of nitrogens with zero attached hydrogens (tertiary/aromatic N) is 1. The molecule has 2 rings (SSSR count). The number of para-hydroxylation sites is 2. The number of alkyl halides is 3. The van der Waals surface area contributed by atoms with Gasteiger partial charge < -0.3 is 15.0 Å². The molecule has 0 unspecified atom stereocenters. The van der Waals surface area contributed by atoms with Crippen molar-refractivity contribution in [2.45, 2.75) is 6.36 Å². The minimum Gasteiger partial charge on any atom is -0.404 e. The van der Waals surface area contributed by atoms with Gasteiger partial charge in [0.25, 0.3) is 0 Å². The summed E-state index contributed by atoms with van der Waals surface area (Å²) in [6.07, 6.45) is -4.77. The number of rotatable bonds is 2. The predicted molar refractivity (Wildman–Crippen MR) is 58.3 cm³/mol. The Morgan fingerprint density at radius 1 is 1.28 bits per heavy atom. The Morgan fingerprint density at radius 3 is 2.67 bits per heavy atom. The molecule has 0 aliphatic carbocycles. The molecule has 0 bridgehead atoms. The molecule has 1 heterocycles. The fourth-order valence-electron chi connectivity index (χ4n) is 1.75. The molecule has 0 radical (unpaired) electrons. The minimum atomic E-state index is -4.77. The van der Waals surface area contributed by atoms with E-state index in [0.717, 1.165) is 0 Å². The van der Waals surface area contributed by atoms with Crippen LogP contribution in [0.15, 0.2) is 24.3 Å². The summed E-state index contributed by atoms with van der Waals surface area (Å²) in [5.74, 6) is -0.639. The molecule has 1 aromatic carbocycles. The van der Waals surface area contributed by atoms with Gasteiger partial charge in [0.15, 0.2) is 5.75 Å². The van der Waals surface area contributed by atoms with Crippen LogP contribution < -0.4 is 15.0 Å². The second-order valence-corrected chi connectivity index (χ2v) is 3.74. The van der Waals surface area contributed by atoms with Crippen molar-refractivity contribution in [2.24, 2.45) is 0 Å². The fraction of sp³-hybridized carbons (Fsp3) is 0.364. The highest BCUT2D eigenvalue weighted by Crippen LogP contribution is 2.32. The van der Waals surface area contributed by atoms with Crippen LogP contribution >= 0.6 is 0 Å². The zero-order chi connectivity index (χ0) is 13.2. The maximum absolute atomic E-state index is 12.2. The van der Waals surface area contributed by atoms with E-state index in [0.29, 0.717) is 13.1 Å². The summed E-state index contributed by atoms with van der Waals surface area (Å²) in [5, 5.41) is 2.85. The standard InChI is InChI=1S/C11H11F3N2O2/c12-11(13,14)18-9-4-2-1-3-8(9)16-6-5-15-7-10(16)17/h1-4,15H,5-7H2. The number of ether oxygens (including phenoxy) is 1. The number of halogens is 3. The van der Waals surface area contributed by atoms with Gasteiger partial charge in [-0.2, -0.15) is 0 Å². The summed E-state index contributed by atoms with van der Waals surface area (Å²) in [5.41, 5.74) is 0.140. The first-order chi connectivity index (χ1) is 8.47. The first-order valence-electron chi connectivity index (χ1n) is 5.33. The van der Waals surface area contributed by atoms with Crippen LogP contribution in [0.5, 0.6) is 5.75 Å². The second-order valence-electron chi connectivity index (χ2n) is 3.74. The van der Waals surface area contributed by atoms with Gasteiger partial charge >= 0.3 is 6.36 Å². The van der Waals surface area contributed by atoms with Gasteiger partial charge in [-0.1, -0.05) is 12.1 Å². The largest absolute Gasteiger partial charge is 0.573 e. The quantitative estimate of drug-likeness (QED) is 0.876. The number of hydrogen-bond donors (Lipinski definition) is 1. The predicted octanol–water partition coefficient (Wildman–Crippen LogP) is 1.52. The minimum absolute atomic E-state index is 0.111. The maximum atomic E-state index is 12.2. The highest BCUT2D eigenvalue weighted by Gasteiger charge is 2.33. The smallest absolute Gasteiger partial charge is 0.404 e. The van der Waals surface area contributed by atoms with Gasteiger partial charge in [0.1, 0.15) is 0 Å². The molecule has 1 aliphatic heterocycles. The molecule has 0 aromatic heterocycles. The van der Waals surface area contributed by atoms with Gasteiger partial charge in [0.05, 0.1) is 12.2 Å². The van der Waals surface area contributed by atoms with Crippen LogP contribution in [0.2, 0.25) is 0 Å². The second kappa shape index (κ2) is 4.85. The number of carbonyl (C=O) groups is 1. The van der Waals surface area contributed by atoms with E-state index < -0.39 is 6.36 Å². The summed E-state index contributed by atoms with van der Waals surface area (Å²) in [4.78, 5) is 12.9. The zero-order valence-corrected chi connectivity index (χ0v) is 9.33. The normalized spacial score (nSPS) is 16.8. The third kappa shape index (κ3) is 2.92. The lowest BCUT2D eigenvalue weighted by molar-refractivity contribution is -0.274. The molecule has 1 fully saturated rings. The molecule has 98 valence electrons. The zero-order valence-electron chi connectivity index (χ0n) is 9.33. The van der Waals surface area contributed by atoms with E-state index in [1.807, 2.05) is 0 Å². The molecule has 7 heteroatoms. The third-order valence-corrected chi connectivity index (χ3v) is 2.47. The Balaban J connectivity index is 2.29. The summed E-state index contributed by atoms with van der Waals surface area (Å²) >= 11 is 0. The van der Waals surface area contributed by atoms with Crippen LogP contribution in [0.25, 0.3) is 0 Å². The van der Waals surface area contributed by atoms with Gasteiger partial charge in [0.2, 0.25) is 5.91 Å². The average Bonchev–Trinajstić information content (AvgIpc) is 2.29. The van der Waals surface area contributed by atoms with Crippen LogP contribution in [-0.4, -0.2) is 31.9 Å². The Bertz CT molecular complexity index is 448. The van der Waals surface area contributed by atoms with E-state index in [9.17, 15) is 18.0 Å². The van der Waals surface area contributed by atoms with Crippen molar-refractivity contribution in [1.29, 1.82) is 0 Å². The Kier molecular flexibility index (Phi) is 3.42. The Morgan fingerprint density at radius 2 is 2.00 bits per heavy atom. The molecular weight excluding hydrogens is 249 g/mol. The van der Waals surface area contributed by atoms with Crippen LogP contribution in [-0.2, 0) is 4.79 Å². The molecule has 0 saturated carbocycles. The van der Waals surface area contributed by atoms with Crippen LogP contribution in [0, 0.1) is 0 Å². The van der Waals surface area contributed by atoms with Gasteiger partial charge in [-0.15, -0.1) is 13.2 Å². The number of amides is 1.